The lowest BCUT2D eigenvalue weighted by molar-refractivity contribution is -0.121. The predicted molar refractivity (Wildman–Crippen MR) is 83.7 cm³/mol. The molecule has 1 aromatic rings. The van der Waals surface area contributed by atoms with Crippen molar-refractivity contribution in [3.63, 3.8) is 0 Å². The van der Waals surface area contributed by atoms with E-state index in [0.717, 1.165) is 5.56 Å². The van der Waals surface area contributed by atoms with Gasteiger partial charge < -0.3 is 10.4 Å². The van der Waals surface area contributed by atoms with Gasteiger partial charge in [-0.05, 0) is 31.0 Å². The van der Waals surface area contributed by atoms with Crippen LogP contribution in [0.1, 0.15) is 36.2 Å². The Bertz CT molecular complexity index is 622. The molecule has 0 radical (unpaired) electrons. The first kappa shape index (κ1) is 18.2. The third kappa shape index (κ3) is 6.26. The molecule has 0 fully saturated rings. The van der Waals surface area contributed by atoms with Crippen LogP contribution in [0.4, 0.5) is 0 Å². The fraction of sp³-hybridized carbons (Fsp3) is 0.467. The Kier molecular flexibility index (Phi) is 6.55. The molecule has 0 saturated carbocycles. The molecule has 0 heterocycles. The number of aryl methyl sites for hydroxylation is 1. The Morgan fingerprint density at radius 2 is 1.82 bits per heavy atom. The summed E-state index contributed by atoms with van der Waals surface area (Å²) in [5.74, 6) is -1.22. The monoisotopic (exact) mass is 327 g/mol. The van der Waals surface area contributed by atoms with Gasteiger partial charge in [0, 0.05) is 18.2 Å². The van der Waals surface area contributed by atoms with Crippen LogP contribution in [0.25, 0.3) is 0 Å². The smallest absolute Gasteiger partial charge is 0.335 e. The number of aromatic carboxylic acids is 1. The van der Waals surface area contributed by atoms with Crippen molar-refractivity contribution in [2.45, 2.75) is 32.7 Å². The van der Waals surface area contributed by atoms with E-state index in [9.17, 15) is 18.0 Å². The molecule has 0 aliphatic rings. The van der Waals surface area contributed by atoms with E-state index in [4.69, 9.17) is 5.11 Å². The first-order valence-corrected chi connectivity index (χ1v) is 8.87. The highest BCUT2D eigenvalue weighted by Crippen LogP contribution is 2.07. The van der Waals surface area contributed by atoms with Crippen LogP contribution in [0, 0.1) is 0 Å². The van der Waals surface area contributed by atoms with Crippen LogP contribution in [-0.2, 0) is 21.1 Å². The fourth-order valence-corrected chi connectivity index (χ4v) is 3.04. The summed E-state index contributed by atoms with van der Waals surface area (Å²) < 4.78 is 22.9. The molecule has 1 unspecified atom stereocenters. The number of carboxylic acid groups (broad SMARTS) is 1. The van der Waals surface area contributed by atoms with Gasteiger partial charge in [-0.3, -0.25) is 4.79 Å². The molecule has 1 aromatic carbocycles. The van der Waals surface area contributed by atoms with Crippen LogP contribution >= 0.6 is 0 Å². The number of hydrogen-bond acceptors (Lipinski definition) is 4. The van der Waals surface area contributed by atoms with Crippen LogP contribution in [0.5, 0.6) is 0 Å². The predicted octanol–water partition coefficient (Wildman–Crippen LogP) is 1.26. The first-order chi connectivity index (χ1) is 10.2. The third-order valence-corrected chi connectivity index (χ3v) is 5.08. The minimum Gasteiger partial charge on any atom is -0.478 e. The van der Waals surface area contributed by atoms with Gasteiger partial charge in [0.25, 0.3) is 0 Å². The molecule has 7 heteroatoms. The van der Waals surface area contributed by atoms with Crippen LogP contribution in [0.15, 0.2) is 24.3 Å². The Morgan fingerprint density at radius 1 is 1.23 bits per heavy atom. The molecule has 1 rings (SSSR count). The third-order valence-electron chi connectivity index (χ3n) is 3.19. The van der Waals surface area contributed by atoms with Crippen molar-refractivity contribution in [1.29, 1.82) is 0 Å². The van der Waals surface area contributed by atoms with Crippen molar-refractivity contribution in [2.24, 2.45) is 0 Å². The normalized spacial score (nSPS) is 12.6. The van der Waals surface area contributed by atoms with E-state index in [1.54, 1.807) is 26.0 Å². The molecule has 0 aromatic heterocycles. The number of sulfone groups is 1. The summed E-state index contributed by atoms with van der Waals surface area (Å²) in [6.07, 6.45) is 0.696. The average Bonchev–Trinajstić information content (AvgIpc) is 2.44. The minimum atomic E-state index is -3.11. The van der Waals surface area contributed by atoms with Crippen LogP contribution in [0.3, 0.4) is 0 Å². The quantitative estimate of drug-likeness (QED) is 0.748. The van der Waals surface area contributed by atoms with E-state index >= 15 is 0 Å². The highest BCUT2D eigenvalue weighted by Gasteiger charge is 2.15. The molecule has 0 aliphatic heterocycles. The number of carboxylic acids is 1. The maximum atomic E-state index is 11.8. The standard InChI is InChI=1S/C15H21NO5S/c1-3-22(20,21)10-11(2)16-14(17)9-6-12-4-7-13(8-5-12)15(18)19/h4-5,7-8,11H,3,6,9-10H2,1-2H3,(H,16,17)(H,18,19). The average molecular weight is 327 g/mol. The lowest BCUT2D eigenvalue weighted by atomic mass is 10.1. The number of rotatable bonds is 8. The number of amides is 1. The van der Waals surface area contributed by atoms with Crippen molar-refractivity contribution in [2.75, 3.05) is 11.5 Å². The molecule has 0 bridgehead atoms. The molecule has 0 aliphatic carbocycles. The summed E-state index contributed by atoms with van der Waals surface area (Å²) >= 11 is 0. The van der Waals surface area contributed by atoms with E-state index in [1.165, 1.54) is 12.1 Å². The highest BCUT2D eigenvalue weighted by molar-refractivity contribution is 7.91. The zero-order valence-corrected chi connectivity index (χ0v) is 13.5. The number of nitrogens with one attached hydrogen (secondary N) is 1. The maximum absolute atomic E-state index is 11.8. The van der Waals surface area contributed by atoms with Crippen LogP contribution in [-0.4, -0.2) is 42.9 Å². The van der Waals surface area contributed by atoms with Crippen LogP contribution in [0.2, 0.25) is 0 Å². The molecule has 122 valence electrons. The molecule has 1 amide bonds. The van der Waals surface area contributed by atoms with Crippen molar-refractivity contribution in [1.82, 2.24) is 5.32 Å². The van der Waals surface area contributed by atoms with Gasteiger partial charge >= 0.3 is 5.97 Å². The lowest BCUT2D eigenvalue weighted by Gasteiger charge is -2.13. The van der Waals surface area contributed by atoms with Gasteiger partial charge in [0.1, 0.15) is 0 Å². The van der Waals surface area contributed by atoms with E-state index in [-0.39, 0.29) is 29.4 Å². The second-order valence-corrected chi connectivity index (χ2v) is 7.57. The van der Waals surface area contributed by atoms with Gasteiger partial charge in [0.15, 0.2) is 9.84 Å². The first-order valence-electron chi connectivity index (χ1n) is 7.05. The van der Waals surface area contributed by atoms with Crippen molar-refractivity contribution in [3.8, 4) is 0 Å². The maximum Gasteiger partial charge on any atom is 0.335 e. The molecule has 0 saturated heterocycles. The molecule has 0 spiro atoms. The fourth-order valence-electron chi connectivity index (χ4n) is 1.96. The second kappa shape index (κ2) is 7.93. The van der Waals surface area contributed by atoms with Gasteiger partial charge in [0.2, 0.25) is 5.91 Å². The van der Waals surface area contributed by atoms with E-state index in [1.807, 2.05) is 0 Å². The van der Waals surface area contributed by atoms with Crippen LogP contribution < -0.4 is 5.32 Å². The zero-order valence-electron chi connectivity index (χ0n) is 12.7. The van der Waals surface area contributed by atoms with Crippen molar-refractivity contribution in [3.05, 3.63) is 35.4 Å². The Morgan fingerprint density at radius 3 is 2.32 bits per heavy atom. The number of carbonyl (C=O) groups is 2. The summed E-state index contributed by atoms with van der Waals surface area (Å²) in [4.78, 5) is 22.5. The van der Waals surface area contributed by atoms with E-state index in [0.29, 0.717) is 6.42 Å². The van der Waals surface area contributed by atoms with E-state index in [2.05, 4.69) is 5.32 Å². The molecular weight excluding hydrogens is 306 g/mol. The van der Waals surface area contributed by atoms with Crippen molar-refractivity contribution >= 4 is 21.7 Å². The van der Waals surface area contributed by atoms with E-state index < -0.39 is 21.8 Å². The topological polar surface area (TPSA) is 101 Å². The SMILES string of the molecule is CCS(=O)(=O)CC(C)NC(=O)CCc1ccc(C(=O)O)cc1. The summed E-state index contributed by atoms with van der Waals surface area (Å²) in [6, 6.07) is 5.90. The Hall–Kier alpha value is -1.89. The Balaban J connectivity index is 2.44. The van der Waals surface area contributed by atoms with Gasteiger partial charge in [0.05, 0.1) is 11.3 Å². The second-order valence-electron chi connectivity index (χ2n) is 5.17. The van der Waals surface area contributed by atoms with Gasteiger partial charge in [-0.1, -0.05) is 19.1 Å². The lowest BCUT2D eigenvalue weighted by Crippen LogP contribution is -2.38. The van der Waals surface area contributed by atoms with Crippen molar-refractivity contribution < 1.29 is 23.1 Å². The molecule has 22 heavy (non-hydrogen) atoms. The molecular formula is C15H21NO5S. The highest BCUT2D eigenvalue weighted by atomic mass is 32.2. The largest absolute Gasteiger partial charge is 0.478 e. The van der Waals surface area contributed by atoms with Gasteiger partial charge in [-0.2, -0.15) is 0 Å². The minimum absolute atomic E-state index is 0.0587. The molecule has 1 atom stereocenters. The summed E-state index contributed by atoms with van der Waals surface area (Å²) in [7, 11) is -3.11. The summed E-state index contributed by atoms with van der Waals surface area (Å²) in [5, 5.41) is 11.5. The molecule has 2 N–H and O–H groups in total. The molecule has 6 nitrogen and oxygen atoms in total. The number of hydrogen-bond donors (Lipinski definition) is 2. The van der Waals surface area contributed by atoms with Gasteiger partial charge in [-0.15, -0.1) is 0 Å². The number of carbonyl (C=O) groups excluding carboxylic acids is 1. The number of benzene rings is 1. The van der Waals surface area contributed by atoms with Gasteiger partial charge in [-0.25, -0.2) is 13.2 Å². The summed E-state index contributed by atoms with van der Waals surface area (Å²) in [5.41, 5.74) is 1.06. The summed E-state index contributed by atoms with van der Waals surface area (Å²) in [6.45, 7) is 3.23. The Labute approximate surface area is 130 Å². The zero-order chi connectivity index (χ0) is 16.8.